The third kappa shape index (κ3) is 4.94. The van der Waals surface area contributed by atoms with Crippen LogP contribution in [0.2, 0.25) is 0 Å². The lowest BCUT2D eigenvalue weighted by Gasteiger charge is -2.37. The van der Waals surface area contributed by atoms with Gasteiger partial charge >= 0.3 is 0 Å². The van der Waals surface area contributed by atoms with Gasteiger partial charge in [0.15, 0.2) is 0 Å². The molecule has 1 aliphatic rings. The molecule has 4 nitrogen and oxygen atoms in total. The highest BCUT2D eigenvalue weighted by Crippen LogP contribution is 2.29. The lowest BCUT2D eigenvalue weighted by molar-refractivity contribution is 0.187. The van der Waals surface area contributed by atoms with Crippen LogP contribution in [0, 0.1) is 5.41 Å². The topological polar surface area (TPSA) is 49.4 Å². The first-order valence-corrected chi connectivity index (χ1v) is 8.05. The minimum absolute atomic E-state index is 0.122. The highest BCUT2D eigenvalue weighted by Gasteiger charge is 2.32. The molecule has 0 saturated carbocycles. The summed E-state index contributed by atoms with van der Waals surface area (Å²) in [6, 6.07) is 0.336. The predicted octanol–water partition coefficient (Wildman–Crippen LogP) is 1.44. The second kappa shape index (κ2) is 5.67. The molecule has 102 valence electrons. The summed E-state index contributed by atoms with van der Waals surface area (Å²) in [6.45, 7) is 10.2. The Hall–Kier alpha value is -0.130. The average Bonchev–Trinajstić information content (AvgIpc) is 2.15. The van der Waals surface area contributed by atoms with Crippen LogP contribution < -0.4 is 5.32 Å². The minimum Gasteiger partial charge on any atom is -0.313 e. The molecule has 1 aliphatic heterocycles. The number of nitrogens with zero attached hydrogens (tertiary/aromatic N) is 1. The summed E-state index contributed by atoms with van der Waals surface area (Å²) in [5.41, 5.74) is 0.122. The van der Waals surface area contributed by atoms with Gasteiger partial charge in [-0.2, -0.15) is 0 Å². The second-order valence-electron chi connectivity index (χ2n) is 6.03. The van der Waals surface area contributed by atoms with Crippen molar-refractivity contribution in [1.29, 1.82) is 0 Å². The molecule has 0 atom stereocenters. The van der Waals surface area contributed by atoms with Crippen LogP contribution in [0.5, 0.6) is 0 Å². The van der Waals surface area contributed by atoms with E-state index in [1.54, 1.807) is 4.31 Å². The molecule has 1 saturated heterocycles. The molecule has 0 radical (unpaired) electrons. The summed E-state index contributed by atoms with van der Waals surface area (Å²) in [7, 11) is -3.08. The third-order valence-corrected chi connectivity index (χ3v) is 4.99. The van der Waals surface area contributed by atoms with Crippen LogP contribution in [-0.4, -0.2) is 44.2 Å². The molecule has 0 aromatic rings. The van der Waals surface area contributed by atoms with Gasteiger partial charge in [0.2, 0.25) is 10.0 Å². The van der Waals surface area contributed by atoms with E-state index >= 15 is 0 Å². The second-order valence-corrected chi connectivity index (χ2v) is 8.11. The third-order valence-electron chi connectivity index (χ3n) is 3.17. The Morgan fingerprint density at radius 2 is 2.00 bits per heavy atom. The molecule has 1 fully saturated rings. The van der Waals surface area contributed by atoms with Crippen molar-refractivity contribution in [2.45, 2.75) is 46.6 Å². The number of piperidine rings is 1. The monoisotopic (exact) mass is 262 g/mol. The SMILES string of the molecule is CC(C)NCCS(=O)(=O)N1CCCC(C)(C)C1. The molecule has 1 heterocycles. The zero-order valence-corrected chi connectivity index (χ0v) is 12.3. The number of sulfonamides is 1. The Morgan fingerprint density at radius 1 is 1.35 bits per heavy atom. The van der Waals surface area contributed by atoms with Crippen LogP contribution in [0.15, 0.2) is 0 Å². The van der Waals surface area contributed by atoms with E-state index in [0.29, 0.717) is 25.7 Å². The van der Waals surface area contributed by atoms with Gasteiger partial charge in [0.05, 0.1) is 5.75 Å². The maximum absolute atomic E-state index is 12.1. The highest BCUT2D eigenvalue weighted by atomic mass is 32.2. The van der Waals surface area contributed by atoms with E-state index in [9.17, 15) is 8.42 Å². The molecule has 1 rings (SSSR count). The Labute approximate surface area is 106 Å². The molecular weight excluding hydrogens is 236 g/mol. The summed E-state index contributed by atoms with van der Waals surface area (Å²) in [6.07, 6.45) is 2.09. The lowest BCUT2D eigenvalue weighted by Crippen LogP contribution is -2.45. The number of nitrogens with one attached hydrogen (secondary N) is 1. The summed E-state index contributed by atoms with van der Waals surface area (Å²) in [5.74, 6) is 0.210. The zero-order valence-electron chi connectivity index (χ0n) is 11.5. The normalized spacial score (nSPS) is 21.9. The van der Waals surface area contributed by atoms with E-state index < -0.39 is 10.0 Å². The first-order valence-electron chi connectivity index (χ1n) is 6.44. The van der Waals surface area contributed by atoms with Crippen molar-refractivity contribution in [2.24, 2.45) is 5.41 Å². The van der Waals surface area contributed by atoms with Gasteiger partial charge in [-0.05, 0) is 18.3 Å². The van der Waals surface area contributed by atoms with E-state index in [-0.39, 0.29) is 11.2 Å². The fourth-order valence-electron chi connectivity index (χ4n) is 2.21. The number of hydrogen-bond acceptors (Lipinski definition) is 3. The summed E-state index contributed by atoms with van der Waals surface area (Å²) in [5, 5.41) is 3.16. The first kappa shape index (κ1) is 14.9. The predicted molar refractivity (Wildman–Crippen MR) is 71.5 cm³/mol. The summed E-state index contributed by atoms with van der Waals surface area (Å²) >= 11 is 0. The average molecular weight is 262 g/mol. The van der Waals surface area contributed by atoms with Crippen molar-refractivity contribution < 1.29 is 8.42 Å². The van der Waals surface area contributed by atoms with Gasteiger partial charge in [0.25, 0.3) is 0 Å². The molecule has 17 heavy (non-hydrogen) atoms. The van der Waals surface area contributed by atoms with Crippen LogP contribution in [0.3, 0.4) is 0 Å². The van der Waals surface area contributed by atoms with Gasteiger partial charge < -0.3 is 5.32 Å². The van der Waals surface area contributed by atoms with E-state index in [2.05, 4.69) is 19.2 Å². The van der Waals surface area contributed by atoms with Crippen molar-refractivity contribution in [3.63, 3.8) is 0 Å². The quantitative estimate of drug-likeness (QED) is 0.815. The maximum atomic E-state index is 12.1. The fourth-order valence-corrected chi connectivity index (χ4v) is 3.80. The van der Waals surface area contributed by atoms with Crippen LogP contribution >= 0.6 is 0 Å². The van der Waals surface area contributed by atoms with Gasteiger partial charge in [0.1, 0.15) is 0 Å². The Morgan fingerprint density at radius 3 is 2.53 bits per heavy atom. The van der Waals surface area contributed by atoms with Gasteiger partial charge in [0, 0.05) is 25.7 Å². The number of rotatable bonds is 5. The van der Waals surface area contributed by atoms with Gasteiger partial charge in [-0.1, -0.05) is 27.7 Å². The van der Waals surface area contributed by atoms with Crippen LogP contribution in [0.1, 0.15) is 40.5 Å². The Kier molecular flexibility index (Phi) is 4.98. The van der Waals surface area contributed by atoms with Gasteiger partial charge in [-0.15, -0.1) is 0 Å². The minimum atomic E-state index is -3.08. The van der Waals surface area contributed by atoms with Gasteiger partial charge in [-0.25, -0.2) is 12.7 Å². The molecule has 0 spiro atoms. The van der Waals surface area contributed by atoms with Crippen molar-refractivity contribution in [3.05, 3.63) is 0 Å². The molecule has 0 amide bonds. The van der Waals surface area contributed by atoms with Crippen LogP contribution in [-0.2, 0) is 10.0 Å². The molecular formula is C12H26N2O2S. The molecule has 5 heteroatoms. The standard InChI is InChI=1S/C12H26N2O2S/c1-11(2)13-7-9-17(15,16)14-8-5-6-12(3,4)10-14/h11,13H,5-10H2,1-4H3. The lowest BCUT2D eigenvalue weighted by atomic mass is 9.85. The Balaban J connectivity index is 2.52. The molecule has 0 unspecified atom stereocenters. The molecule has 0 aromatic carbocycles. The van der Waals surface area contributed by atoms with E-state index in [1.807, 2.05) is 13.8 Å². The molecule has 1 N–H and O–H groups in total. The zero-order chi connectivity index (χ0) is 13.1. The smallest absolute Gasteiger partial charge is 0.215 e. The summed E-state index contributed by atoms with van der Waals surface area (Å²) in [4.78, 5) is 0. The van der Waals surface area contributed by atoms with E-state index in [1.165, 1.54) is 0 Å². The van der Waals surface area contributed by atoms with Crippen LogP contribution in [0.25, 0.3) is 0 Å². The Bertz CT molecular complexity index is 336. The maximum Gasteiger partial charge on any atom is 0.215 e. The van der Waals surface area contributed by atoms with Crippen molar-refractivity contribution in [2.75, 3.05) is 25.4 Å². The summed E-state index contributed by atoms with van der Waals surface area (Å²) < 4.78 is 25.9. The van der Waals surface area contributed by atoms with Crippen molar-refractivity contribution in [3.8, 4) is 0 Å². The van der Waals surface area contributed by atoms with E-state index in [0.717, 1.165) is 12.8 Å². The van der Waals surface area contributed by atoms with Crippen molar-refractivity contribution >= 4 is 10.0 Å². The van der Waals surface area contributed by atoms with E-state index in [4.69, 9.17) is 0 Å². The molecule has 0 aromatic heterocycles. The fraction of sp³-hybridized carbons (Fsp3) is 1.00. The molecule has 0 aliphatic carbocycles. The first-order chi connectivity index (χ1) is 7.73. The van der Waals surface area contributed by atoms with Gasteiger partial charge in [-0.3, -0.25) is 0 Å². The van der Waals surface area contributed by atoms with Crippen molar-refractivity contribution in [1.82, 2.24) is 9.62 Å². The largest absolute Gasteiger partial charge is 0.313 e. The molecule has 0 bridgehead atoms. The highest BCUT2D eigenvalue weighted by molar-refractivity contribution is 7.89. The van der Waals surface area contributed by atoms with Crippen LogP contribution in [0.4, 0.5) is 0 Å². The number of hydrogen-bond donors (Lipinski definition) is 1.